The summed E-state index contributed by atoms with van der Waals surface area (Å²) in [5.41, 5.74) is 2.78. The van der Waals surface area contributed by atoms with Gasteiger partial charge in [0.2, 0.25) is 0 Å². The highest BCUT2D eigenvalue weighted by Gasteiger charge is 2.18. The number of H-pyrrole nitrogens is 1. The number of para-hydroxylation sites is 2. The van der Waals surface area contributed by atoms with Crippen LogP contribution in [0.5, 0.6) is 5.75 Å². The number of nitro benzene ring substituents is 1. The molecule has 1 heterocycles. The first-order valence-corrected chi connectivity index (χ1v) is 8.21. The van der Waals surface area contributed by atoms with Crippen molar-refractivity contribution in [3.05, 3.63) is 88.2 Å². The van der Waals surface area contributed by atoms with E-state index in [2.05, 4.69) is 9.97 Å². The van der Waals surface area contributed by atoms with Gasteiger partial charge in [0.15, 0.2) is 5.75 Å². The number of aromatic amines is 1. The van der Waals surface area contributed by atoms with Crippen molar-refractivity contribution in [3.63, 3.8) is 0 Å². The minimum Gasteiger partial charge on any atom is -0.482 e. The van der Waals surface area contributed by atoms with E-state index < -0.39 is 4.92 Å². The molecule has 0 aliphatic rings. The van der Waals surface area contributed by atoms with Crippen LogP contribution in [0.3, 0.4) is 0 Å². The average molecular weight is 363 g/mol. The van der Waals surface area contributed by atoms with Crippen LogP contribution in [0, 0.1) is 15.9 Å². The van der Waals surface area contributed by atoms with Gasteiger partial charge in [-0.25, -0.2) is 9.37 Å². The topological polar surface area (TPSA) is 81.0 Å². The zero-order valence-corrected chi connectivity index (χ0v) is 14.1. The summed E-state index contributed by atoms with van der Waals surface area (Å²) in [4.78, 5) is 18.6. The minimum atomic E-state index is -0.494. The van der Waals surface area contributed by atoms with Gasteiger partial charge in [-0.3, -0.25) is 10.1 Å². The molecule has 0 aliphatic carbocycles. The summed E-state index contributed by atoms with van der Waals surface area (Å²) in [6, 6.07) is 18.0. The Bertz CT molecular complexity index is 1090. The molecule has 0 radical (unpaired) electrons. The largest absolute Gasteiger partial charge is 0.482 e. The molecule has 0 saturated heterocycles. The number of imidazole rings is 1. The highest BCUT2D eigenvalue weighted by Crippen LogP contribution is 2.32. The van der Waals surface area contributed by atoms with Crippen molar-refractivity contribution in [1.29, 1.82) is 0 Å². The van der Waals surface area contributed by atoms with Crippen molar-refractivity contribution < 1.29 is 14.1 Å². The Hall–Kier alpha value is -3.74. The molecule has 0 atom stereocenters. The normalized spacial score (nSPS) is 10.9. The van der Waals surface area contributed by atoms with Gasteiger partial charge < -0.3 is 9.72 Å². The van der Waals surface area contributed by atoms with Crippen molar-refractivity contribution >= 4 is 16.7 Å². The molecule has 1 aromatic heterocycles. The summed E-state index contributed by atoms with van der Waals surface area (Å²) >= 11 is 0. The highest BCUT2D eigenvalue weighted by molar-refractivity contribution is 5.79. The van der Waals surface area contributed by atoms with E-state index in [1.807, 2.05) is 24.3 Å². The molecule has 6 nitrogen and oxygen atoms in total. The average Bonchev–Trinajstić information content (AvgIpc) is 3.11. The zero-order chi connectivity index (χ0) is 18.8. The molecule has 0 fully saturated rings. The van der Waals surface area contributed by atoms with E-state index in [0.29, 0.717) is 17.0 Å². The SMILES string of the molecule is O=[N+]([O-])c1cc(-c2nc3ccccc3[nH]2)ccc1OCc1ccc(F)cc1. The van der Waals surface area contributed by atoms with Gasteiger partial charge in [-0.05, 0) is 42.0 Å². The van der Waals surface area contributed by atoms with Gasteiger partial charge in [-0.1, -0.05) is 24.3 Å². The van der Waals surface area contributed by atoms with E-state index >= 15 is 0 Å². The predicted octanol–water partition coefficient (Wildman–Crippen LogP) is 4.86. The number of aromatic nitrogens is 2. The van der Waals surface area contributed by atoms with Crippen molar-refractivity contribution in [2.24, 2.45) is 0 Å². The number of halogens is 1. The molecule has 3 aromatic carbocycles. The molecule has 4 rings (SSSR count). The van der Waals surface area contributed by atoms with E-state index in [1.165, 1.54) is 18.2 Å². The van der Waals surface area contributed by atoms with Crippen LogP contribution in [0.2, 0.25) is 0 Å². The van der Waals surface area contributed by atoms with Gasteiger partial charge in [-0.2, -0.15) is 0 Å². The molecule has 4 aromatic rings. The summed E-state index contributed by atoms with van der Waals surface area (Å²) in [6.07, 6.45) is 0. The van der Waals surface area contributed by atoms with E-state index in [9.17, 15) is 14.5 Å². The van der Waals surface area contributed by atoms with Crippen molar-refractivity contribution in [2.75, 3.05) is 0 Å². The Morgan fingerprint density at radius 2 is 1.85 bits per heavy atom. The molecule has 0 spiro atoms. The first kappa shape index (κ1) is 16.7. The zero-order valence-electron chi connectivity index (χ0n) is 14.1. The molecule has 27 heavy (non-hydrogen) atoms. The maximum absolute atomic E-state index is 13.0. The Balaban J connectivity index is 1.63. The lowest BCUT2D eigenvalue weighted by Gasteiger charge is -2.08. The fourth-order valence-corrected chi connectivity index (χ4v) is 2.76. The molecule has 0 amide bonds. The van der Waals surface area contributed by atoms with Gasteiger partial charge in [0.05, 0.1) is 16.0 Å². The van der Waals surface area contributed by atoms with Gasteiger partial charge in [-0.15, -0.1) is 0 Å². The second-order valence-corrected chi connectivity index (χ2v) is 5.96. The minimum absolute atomic E-state index is 0.102. The number of nitro groups is 1. The van der Waals surface area contributed by atoms with Crippen LogP contribution >= 0.6 is 0 Å². The molecule has 7 heteroatoms. The van der Waals surface area contributed by atoms with Crippen LogP contribution in [-0.2, 0) is 6.61 Å². The molecular weight excluding hydrogens is 349 g/mol. The fourth-order valence-electron chi connectivity index (χ4n) is 2.76. The van der Waals surface area contributed by atoms with Crippen LogP contribution < -0.4 is 4.74 Å². The van der Waals surface area contributed by atoms with Gasteiger partial charge >= 0.3 is 5.69 Å². The van der Waals surface area contributed by atoms with E-state index in [1.54, 1.807) is 24.3 Å². The fraction of sp³-hybridized carbons (Fsp3) is 0.0500. The summed E-state index contributed by atoms with van der Waals surface area (Å²) in [5, 5.41) is 11.5. The van der Waals surface area contributed by atoms with E-state index in [0.717, 1.165) is 11.0 Å². The first-order valence-electron chi connectivity index (χ1n) is 8.21. The van der Waals surface area contributed by atoms with Crippen LogP contribution in [0.15, 0.2) is 66.7 Å². The van der Waals surface area contributed by atoms with Gasteiger partial charge in [0.1, 0.15) is 18.2 Å². The Morgan fingerprint density at radius 3 is 2.59 bits per heavy atom. The first-order chi connectivity index (χ1) is 13.1. The molecule has 0 saturated carbocycles. The summed E-state index contributed by atoms with van der Waals surface area (Å²) in [7, 11) is 0. The van der Waals surface area contributed by atoms with Crippen LogP contribution in [0.4, 0.5) is 10.1 Å². The number of hydrogen-bond acceptors (Lipinski definition) is 4. The number of benzene rings is 3. The summed E-state index contributed by atoms with van der Waals surface area (Å²) in [6.45, 7) is 0.102. The third-order valence-electron chi connectivity index (χ3n) is 4.13. The highest BCUT2D eigenvalue weighted by atomic mass is 19.1. The maximum atomic E-state index is 13.0. The lowest BCUT2D eigenvalue weighted by Crippen LogP contribution is -1.99. The maximum Gasteiger partial charge on any atom is 0.311 e. The summed E-state index contributed by atoms with van der Waals surface area (Å²) < 4.78 is 18.5. The number of ether oxygens (including phenoxy) is 1. The van der Waals surface area contributed by atoms with Crippen LogP contribution in [0.1, 0.15) is 5.56 Å². The molecule has 0 bridgehead atoms. The Labute approximate surface area is 153 Å². The van der Waals surface area contributed by atoms with E-state index in [-0.39, 0.29) is 23.9 Å². The molecule has 0 aliphatic heterocycles. The molecule has 134 valence electrons. The van der Waals surface area contributed by atoms with Crippen LogP contribution in [0.25, 0.3) is 22.4 Å². The van der Waals surface area contributed by atoms with E-state index in [4.69, 9.17) is 4.74 Å². The second-order valence-electron chi connectivity index (χ2n) is 5.96. The summed E-state index contributed by atoms with van der Waals surface area (Å²) in [5.74, 6) is 0.341. The Morgan fingerprint density at radius 1 is 1.07 bits per heavy atom. The number of hydrogen-bond donors (Lipinski definition) is 1. The molecule has 0 unspecified atom stereocenters. The number of nitrogens with one attached hydrogen (secondary N) is 1. The second kappa shape index (κ2) is 6.87. The Kier molecular flexibility index (Phi) is 4.25. The third kappa shape index (κ3) is 3.48. The third-order valence-corrected chi connectivity index (χ3v) is 4.13. The van der Waals surface area contributed by atoms with Gasteiger partial charge in [0, 0.05) is 11.6 Å². The quantitative estimate of drug-likeness (QED) is 0.406. The number of rotatable bonds is 5. The van der Waals surface area contributed by atoms with Crippen molar-refractivity contribution in [1.82, 2.24) is 9.97 Å². The monoisotopic (exact) mass is 363 g/mol. The molecular formula is C20H14FN3O3. The van der Waals surface area contributed by atoms with Crippen molar-refractivity contribution in [3.8, 4) is 17.1 Å². The van der Waals surface area contributed by atoms with Crippen molar-refractivity contribution in [2.45, 2.75) is 6.61 Å². The lowest BCUT2D eigenvalue weighted by molar-refractivity contribution is -0.385. The standard InChI is InChI=1S/C20H14FN3O3/c21-15-8-5-13(6-9-15)12-27-19-10-7-14(11-18(19)24(25)26)20-22-16-3-1-2-4-17(16)23-20/h1-11H,12H2,(H,22,23). The van der Waals surface area contributed by atoms with Crippen LogP contribution in [-0.4, -0.2) is 14.9 Å². The number of fused-ring (bicyclic) bond motifs is 1. The smallest absolute Gasteiger partial charge is 0.311 e. The lowest BCUT2D eigenvalue weighted by atomic mass is 10.1. The predicted molar refractivity (Wildman–Crippen MR) is 98.9 cm³/mol. The molecule has 1 N–H and O–H groups in total. The van der Waals surface area contributed by atoms with Gasteiger partial charge in [0.25, 0.3) is 0 Å². The number of nitrogens with zero attached hydrogens (tertiary/aromatic N) is 2.